The second-order valence-corrected chi connectivity index (χ2v) is 5.58. The fourth-order valence-electron chi connectivity index (χ4n) is 2.65. The lowest BCUT2D eigenvalue weighted by molar-refractivity contribution is 0.0937. The van der Waals surface area contributed by atoms with Crippen LogP contribution in [0.3, 0.4) is 0 Å². The van der Waals surface area contributed by atoms with E-state index in [2.05, 4.69) is 25.7 Å². The lowest BCUT2D eigenvalue weighted by Crippen LogP contribution is -2.36. The molecule has 1 N–H and O–H groups in total. The highest BCUT2D eigenvalue weighted by Crippen LogP contribution is 2.11. The van der Waals surface area contributed by atoms with Crippen molar-refractivity contribution in [3.05, 3.63) is 54.5 Å². The Labute approximate surface area is 137 Å². The Kier molecular flexibility index (Phi) is 3.42. The molecular formula is C16H15N7O. The molecule has 0 saturated carbocycles. The number of benzene rings is 1. The molecule has 0 aliphatic carbocycles. The number of fused-ring (bicyclic) bond motifs is 2. The molecule has 0 bridgehead atoms. The monoisotopic (exact) mass is 321 g/mol. The predicted octanol–water partition coefficient (Wildman–Crippen LogP) is 1.29. The first kappa shape index (κ1) is 14.3. The standard InChI is InChI=1S/C16H15N7O/c1-11(10-23-14-6-3-2-5-13(14)20-21-23)19-16(24)12-9-18-22-8-4-7-17-15(12)22/h2-9,11H,10H2,1H3,(H,19,24)/t11-/m1/s1. The second kappa shape index (κ2) is 5.73. The van der Waals surface area contributed by atoms with E-state index in [1.807, 2.05) is 31.2 Å². The number of carbonyl (C=O) groups excluding carboxylic acids is 1. The molecule has 3 aromatic heterocycles. The van der Waals surface area contributed by atoms with Crippen LogP contribution in [0.2, 0.25) is 0 Å². The van der Waals surface area contributed by atoms with Crippen molar-refractivity contribution in [3.63, 3.8) is 0 Å². The zero-order chi connectivity index (χ0) is 16.5. The van der Waals surface area contributed by atoms with Gasteiger partial charge in [0.15, 0.2) is 5.65 Å². The summed E-state index contributed by atoms with van der Waals surface area (Å²) in [5.74, 6) is -0.208. The van der Waals surface area contributed by atoms with Crippen molar-refractivity contribution in [2.75, 3.05) is 0 Å². The van der Waals surface area contributed by atoms with Crippen LogP contribution in [0.5, 0.6) is 0 Å². The lowest BCUT2D eigenvalue weighted by atomic mass is 10.2. The fraction of sp³-hybridized carbons (Fsp3) is 0.188. The average Bonchev–Trinajstić information content (AvgIpc) is 3.19. The highest BCUT2D eigenvalue weighted by Gasteiger charge is 2.16. The molecule has 0 radical (unpaired) electrons. The molecule has 1 atom stereocenters. The number of nitrogens with one attached hydrogen (secondary N) is 1. The van der Waals surface area contributed by atoms with E-state index in [1.54, 1.807) is 27.7 Å². The van der Waals surface area contributed by atoms with Gasteiger partial charge in [0, 0.05) is 18.4 Å². The summed E-state index contributed by atoms with van der Waals surface area (Å²) in [6, 6.07) is 9.37. The molecule has 1 amide bonds. The van der Waals surface area contributed by atoms with Crippen molar-refractivity contribution in [2.24, 2.45) is 0 Å². The zero-order valence-corrected chi connectivity index (χ0v) is 13.0. The highest BCUT2D eigenvalue weighted by atomic mass is 16.1. The summed E-state index contributed by atoms with van der Waals surface area (Å²) in [4.78, 5) is 16.7. The van der Waals surface area contributed by atoms with Crippen molar-refractivity contribution >= 4 is 22.6 Å². The largest absolute Gasteiger partial charge is 0.348 e. The smallest absolute Gasteiger partial charge is 0.257 e. The van der Waals surface area contributed by atoms with Gasteiger partial charge in [-0.1, -0.05) is 17.3 Å². The topological polar surface area (TPSA) is 90.0 Å². The quantitative estimate of drug-likeness (QED) is 0.612. The third kappa shape index (κ3) is 2.47. The molecule has 0 fully saturated rings. The number of hydrogen-bond acceptors (Lipinski definition) is 5. The molecule has 4 aromatic rings. The minimum absolute atomic E-state index is 0.124. The van der Waals surface area contributed by atoms with E-state index in [9.17, 15) is 4.79 Å². The number of aromatic nitrogens is 6. The van der Waals surface area contributed by atoms with Crippen molar-refractivity contribution in [2.45, 2.75) is 19.5 Å². The maximum Gasteiger partial charge on any atom is 0.257 e. The van der Waals surface area contributed by atoms with Gasteiger partial charge in [-0.2, -0.15) is 5.10 Å². The van der Waals surface area contributed by atoms with Crippen molar-refractivity contribution in [1.82, 2.24) is 34.9 Å². The molecule has 0 aliphatic rings. The summed E-state index contributed by atoms with van der Waals surface area (Å²) in [6.07, 6.45) is 4.91. The Bertz CT molecular complexity index is 1020. The molecule has 0 aliphatic heterocycles. The van der Waals surface area contributed by atoms with Crippen LogP contribution in [0.25, 0.3) is 16.7 Å². The van der Waals surface area contributed by atoms with Gasteiger partial charge in [-0.25, -0.2) is 14.2 Å². The summed E-state index contributed by atoms with van der Waals surface area (Å²) >= 11 is 0. The third-order valence-corrected chi connectivity index (χ3v) is 3.77. The molecule has 8 heteroatoms. The van der Waals surface area contributed by atoms with E-state index in [0.29, 0.717) is 17.8 Å². The van der Waals surface area contributed by atoms with E-state index in [1.165, 1.54) is 6.20 Å². The van der Waals surface area contributed by atoms with E-state index < -0.39 is 0 Å². The lowest BCUT2D eigenvalue weighted by Gasteiger charge is -2.13. The first-order valence-corrected chi connectivity index (χ1v) is 7.60. The first-order valence-electron chi connectivity index (χ1n) is 7.60. The van der Waals surface area contributed by atoms with Crippen LogP contribution in [0.15, 0.2) is 48.9 Å². The van der Waals surface area contributed by atoms with E-state index in [4.69, 9.17) is 0 Å². The van der Waals surface area contributed by atoms with Gasteiger partial charge in [0.05, 0.1) is 18.3 Å². The fourth-order valence-corrected chi connectivity index (χ4v) is 2.65. The SMILES string of the molecule is C[C@H](Cn1nnc2ccccc21)NC(=O)c1cnn2cccnc12. The first-order chi connectivity index (χ1) is 11.7. The summed E-state index contributed by atoms with van der Waals surface area (Å²) in [6.45, 7) is 2.45. The van der Waals surface area contributed by atoms with E-state index in [0.717, 1.165) is 11.0 Å². The Morgan fingerprint density at radius 1 is 1.29 bits per heavy atom. The maximum absolute atomic E-state index is 12.5. The van der Waals surface area contributed by atoms with Crippen molar-refractivity contribution in [3.8, 4) is 0 Å². The van der Waals surface area contributed by atoms with Crippen molar-refractivity contribution < 1.29 is 4.79 Å². The summed E-state index contributed by atoms with van der Waals surface area (Å²) < 4.78 is 3.36. The number of carbonyl (C=O) groups is 1. The summed E-state index contributed by atoms with van der Waals surface area (Å²) in [5.41, 5.74) is 2.76. The number of rotatable bonds is 4. The van der Waals surface area contributed by atoms with Crippen LogP contribution in [-0.2, 0) is 6.54 Å². The molecule has 8 nitrogen and oxygen atoms in total. The summed E-state index contributed by atoms with van der Waals surface area (Å²) in [5, 5.41) is 15.3. The van der Waals surface area contributed by atoms with Gasteiger partial charge in [0.25, 0.3) is 5.91 Å². The number of nitrogens with zero attached hydrogens (tertiary/aromatic N) is 6. The molecule has 120 valence electrons. The number of amides is 1. The molecular weight excluding hydrogens is 306 g/mol. The van der Waals surface area contributed by atoms with Gasteiger partial charge >= 0.3 is 0 Å². The van der Waals surface area contributed by atoms with E-state index in [-0.39, 0.29) is 11.9 Å². The second-order valence-electron chi connectivity index (χ2n) is 5.58. The third-order valence-electron chi connectivity index (χ3n) is 3.77. The number of para-hydroxylation sites is 1. The van der Waals surface area contributed by atoms with E-state index >= 15 is 0 Å². The van der Waals surface area contributed by atoms with Gasteiger partial charge in [0.2, 0.25) is 0 Å². The zero-order valence-electron chi connectivity index (χ0n) is 13.0. The molecule has 4 rings (SSSR count). The molecule has 24 heavy (non-hydrogen) atoms. The summed E-state index contributed by atoms with van der Waals surface area (Å²) in [7, 11) is 0. The van der Waals surface area contributed by atoms with Gasteiger partial charge in [0.1, 0.15) is 11.1 Å². The molecule has 0 spiro atoms. The maximum atomic E-state index is 12.5. The predicted molar refractivity (Wildman–Crippen MR) is 87.4 cm³/mol. The minimum atomic E-state index is -0.208. The Morgan fingerprint density at radius 3 is 3.08 bits per heavy atom. The van der Waals surface area contributed by atoms with Crippen LogP contribution in [-0.4, -0.2) is 41.5 Å². The molecule has 1 aromatic carbocycles. The van der Waals surface area contributed by atoms with Crippen LogP contribution in [0.1, 0.15) is 17.3 Å². The van der Waals surface area contributed by atoms with Gasteiger partial charge < -0.3 is 5.32 Å². The van der Waals surface area contributed by atoms with Gasteiger partial charge in [-0.15, -0.1) is 5.10 Å². The normalized spacial score (nSPS) is 12.5. The Morgan fingerprint density at radius 2 is 2.17 bits per heavy atom. The van der Waals surface area contributed by atoms with Gasteiger partial charge in [-0.05, 0) is 25.1 Å². The number of hydrogen-bond donors (Lipinski definition) is 1. The van der Waals surface area contributed by atoms with Crippen LogP contribution >= 0.6 is 0 Å². The molecule has 0 unspecified atom stereocenters. The van der Waals surface area contributed by atoms with Crippen LogP contribution in [0, 0.1) is 0 Å². The average molecular weight is 321 g/mol. The molecule has 3 heterocycles. The molecule has 0 saturated heterocycles. The van der Waals surface area contributed by atoms with Gasteiger partial charge in [-0.3, -0.25) is 4.79 Å². The van der Waals surface area contributed by atoms with Crippen LogP contribution < -0.4 is 5.32 Å². The Balaban J connectivity index is 1.51. The Hall–Kier alpha value is -3.29. The van der Waals surface area contributed by atoms with Crippen molar-refractivity contribution in [1.29, 1.82) is 0 Å². The minimum Gasteiger partial charge on any atom is -0.348 e. The highest BCUT2D eigenvalue weighted by molar-refractivity contribution is 5.99. The van der Waals surface area contributed by atoms with Crippen LogP contribution in [0.4, 0.5) is 0 Å².